The summed E-state index contributed by atoms with van der Waals surface area (Å²) >= 11 is 6.47. The molecule has 0 radical (unpaired) electrons. The van der Waals surface area contributed by atoms with E-state index >= 15 is 0 Å². The lowest BCUT2D eigenvalue weighted by atomic mass is 9.92. The number of aromatic nitrogens is 3. The number of fused-ring (bicyclic) bond motifs is 3. The molecule has 1 saturated heterocycles. The van der Waals surface area contributed by atoms with Crippen LogP contribution in [0.3, 0.4) is 0 Å². The van der Waals surface area contributed by atoms with Crippen molar-refractivity contribution in [2.75, 3.05) is 28.6 Å². The number of piperidine rings is 1. The number of pyridine rings is 1. The highest BCUT2D eigenvalue weighted by Crippen LogP contribution is 2.33. The molecule has 2 aliphatic heterocycles. The predicted molar refractivity (Wildman–Crippen MR) is 143 cm³/mol. The monoisotopic (exact) mass is 510 g/mol. The van der Waals surface area contributed by atoms with Crippen LogP contribution in [0.1, 0.15) is 44.5 Å². The van der Waals surface area contributed by atoms with E-state index in [4.69, 9.17) is 21.3 Å². The van der Waals surface area contributed by atoms with Crippen LogP contribution in [0.5, 0.6) is 0 Å². The summed E-state index contributed by atoms with van der Waals surface area (Å²) in [6.07, 6.45) is 2.43. The first-order valence-electron chi connectivity index (χ1n) is 12.3. The average molecular weight is 511 g/mol. The molecule has 0 spiro atoms. The predicted octanol–water partition coefficient (Wildman–Crippen LogP) is 4.57. The molecule has 10 heteroatoms. The molecule has 190 valence electrons. The fraction of sp³-hybridized carbons (Fsp3) is 0.462. The van der Waals surface area contributed by atoms with Gasteiger partial charge in [0.15, 0.2) is 5.82 Å². The molecular weight excluding hydrogens is 480 g/mol. The van der Waals surface area contributed by atoms with Gasteiger partial charge in [-0.05, 0) is 50.3 Å². The number of nitrogens with one attached hydrogen (secondary N) is 2. The molecule has 2 aliphatic rings. The zero-order valence-electron chi connectivity index (χ0n) is 21.1. The third-order valence-electron chi connectivity index (χ3n) is 7.11. The zero-order valence-corrected chi connectivity index (χ0v) is 21.9. The van der Waals surface area contributed by atoms with Gasteiger partial charge in [-0.15, -0.1) is 0 Å². The summed E-state index contributed by atoms with van der Waals surface area (Å²) in [7, 11) is 1.65. The standard InChI is InChI=1S/C26H31ClN6O3/c1-13-8-14(2)12-33(11-13)26-28-10-19(27)23(31-26)30-17-6-7-20-18(9-17)22-21(24(34)32(20)5)25(35)36-16(4)15(3)29-22/h6-7,9-10,13-16,29H,8,11-12H2,1-5H3,(H,28,30,31)/t13-,14+,15-,16-/m0/s1. The van der Waals surface area contributed by atoms with Crippen LogP contribution in [-0.4, -0.2) is 45.7 Å². The maximum Gasteiger partial charge on any atom is 0.346 e. The van der Waals surface area contributed by atoms with Crippen LogP contribution in [0.2, 0.25) is 5.02 Å². The number of benzene rings is 1. The molecule has 1 aromatic carbocycles. The van der Waals surface area contributed by atoms with Crippen LogP contribution in [0, 0.1) is 11.8 Å². The van der Waals surface area contributed by atoms with Crippen LogP contribution in [0.4, 0.5) is 23.1 Å². The van der Waals surface area contributed by atoms with E-state index in [2.05, 4.69) is 34.4 Å². The number of rotatable bonds is 3. The van der Waals surface area contributed by atoms with Gasteiger partial charge in [-0.3, -0.25) is 4.79 Å². The van der Waals surface area contributed by atoms with E-state index in [1.54, 1.807) is 20.2 Å². The van der Waals surface area contributed by atoms with Gasteiger partial charge in [0.25, 0.3) is 5.56 Å². The Morgan fingerprint density at radius 2 is 1.86 bits per heavy atom. The van der Waals surface area contributed by atoms with E-state index < -0.39 is 11.5 Å². The highest BCUT2D eigenvalue weighted by molar-refractivity contribution is 6.33. The van der Waals surface area contributed by atoms with Crippen LogP contribution in [-0.2, 0) is 11.8 Å². The van der Waals surface area contributed by atoms with E-state index in [1.807, 2.05) is 25.1 Å². The first-order chi connectivity index (χ1) is 17.1. The van der Waals surface area contributed by atoms with Gasteiger partial charge in [-0.2, -0.15) is 4.98 Å². The van der Waals surface area contributed by atoms with Crippen molar-refractivity contribution in [3.8, 4) is 0 Å². The summed E-state index contributed by atoms with van der Waals surface area (Å²) in [4.78, 5) is 37.2. The molecule has 0 bridgehead atoms. The molecule has 3 aromatic rings. The number of carbonyl (C=O) groups excluding carboxylic acids is 1. The summed E-state index contributed by atoms with van der Waals surface area (Å²) in [6, 6.07) is 5.42. The topological polar surface area (TPSA) is 101 Å². The van der Waals surface area contributed by atoms with E-state index in [1.165, 1.54) is 11.0 Å². The average Bonchev–Trinajstić information content (AvgIpc) is 2.93. The molecule has 0 unspecified atom stereocenters. The van der Waals surface area contributed by atoms with Crippen molar-refractivity contribution in [1.29, 1.82) is 0 Å². The summed E-state index contributed by atoms with van der Waals surface area (Å²) in [6.45, 7) is 10.0. The van der Waals surface area contributed by atoms with Crippen molar-refractivity contribution < 1.29 is 9.53 Å². The Hall–Kier alpha value is -3.33. The SMILES string of the molecule is C[C@@H]1C[C@H](C)CN(c2ncc(Cl)c(Nc3ccc4c(c3)c3c(c(=O)n4C)C(=O)O[C@@H](C)[C@H](C)N3)n2)C1. The molecule has 0 saturated carbocycles. The highest BCUT2D eigenvalue weighted by atomic mass is 35.5. The number of aryl methyl sites for hydroxylation is 1. The zero-order chi connectivity index (χ0) is 25.7. The summed E-state index contributed by atoms with van der Waals surface area (Å²) < 4.78 is 6.96. The minimum Gasteiger partial charge on any atom is -0.457 e. The van der Waals surface area contributed by atoms with Gasteiger partial charge in [0.05, 0.1) is 23.4 Å². The van der Waals surface area contributed by atoms with Crippen molar-refractivity contribution >= 4 is 51.6 Å². The molecule has 2 aromatic heterocycles. The second kappa shape index (κ2) is 9.28. The third-order valence-corrected chi connectivity index (χ3v) is 7.39. The second-order valence-corrected chi connectivity index (χ2v) is 10.6. The van der Waals surface area contributed by atoms with Crippen LogP contribution < -0.4 is 21.1 Å². The molecule has 4 heterocycles. The van der Waals surface area contributed by atoms with Crippen LogP contribution >= 0.6 is 11.6 Å². The fourth-order valence-electron chi connectivity index (χ4n) is 5.20. The lowest BCUT2D eigenvalue weighted by molar-refractivity contribution is 0.0325. The van der Waals surface area contributed by atoms with Gasteiger partial charge in [-0.25, -0.2) is 9.78 Å². The number of ether oxygens (including phenoxy) is 1. The van der Waals surface area contributed by atoms with E-state index in [0.717, 1.165) is 24.2 Å². The smallest absolute Gasteiger partial charge is 0.346 e. The molecule has 36 heavy (non-hydrogen) atoms. The molecule has 0 amide bonds. The minimum atomic E-state index is -0.622. The summed E-state index contributed by atoms with van der Waals surface area (Å²) in [5.41, 5.74) is 1.50. The highest BCUT2D eigenvalue weighted by Gasteiger charge is 2.31. The van der Waals surface area contributed by atoms with E-state index in [9.17, 15) is 9.59 Å². The molecule has 1 fully saturated rings. The minimum absolute atomic E-state index is 0.00837. The quantitative estimate of drug-likeness (QED) is 0.494. The molecule has 4 atom stereocenters. The Labute approximate surface area is 214 Å². The number of nitrogens with zero attached hydrogens (tertiary/aromatic N) is 4. The van der Waals surface area contributed by atoms with Crippen molar-refractivity contribution in [3.05, 3.63) is 45.3 Å². The van der Waals surface area contributed by atoms with Gasteiger partial charge in [-0.1, -0.05) is 25.4 Å². The Morgan fingerprint density at radius 1 is 1.14 bits per heavy atom. The van der Waals surface area contributed by atoms with Crippen molar-refractivity contribution in [2.24, 2.45) is 18.9 Å². The number of halogens is 1. The van der Waals surface area contributed by atoms with Crippen LogP contribution in [0.25, 0.3) is 10.9 Å². The van der Waals surface area contributed by atoms with Gasteiger partial charge in [0.2, 0.25) is 5.95 Å². The number of cyclic esters (lactones) is 1. The lowest BCUT2D eigenvalue weighted by Crippen LogP contribution is -2.39. The second-order valence-electron chi connectivity index (χ2n) is 10.2. The number of esters is 1. The van der Waals surface area contributed by atoms with Crippen molar-refractivity contribution in [2.45, 2.75) is 46.3 Å². The molecule has 5 rings (SSSR count). The molecular formula is C26H31ClN6O3. The molecule has 9 nitrogen and oxygen atoms in total. The van der Waals surface area contributed by atoms with Crippen molar-refractivity contribution in [3.63, 3.8) is 0 Å². The fourth-order valence-corrected chi connectivity index (χ4v) is 5.34. The number of hydrogen-bond acceptors (Lipinski definition) is 8. The van der Waals surface area contributed by atoms with Gasteiger partial charge in [0.1, 0.15) is 16.7 Å². The van der Waals surface area contributed by atoms with Gasteiger partial charge < -0.3 is 24.8 Å². The Morgan fingerprint density at radius 3 is 2.58 bits per heavy atom. The normalized spacial score (nSPS) is 24.1. The Balaban J connectivity index is 1.55. The van der Waals surface area contributed by atoms with Crippen molar-refractivity contribution in [1.82, 2.24) is 14.5 Å². The summed E-state index contributed by atoms with van der Waals surface area (Å²) in [5.74, 6) is 1.65. The first kappa shape index (κ1) is 24.4. The Bertz CT molecular complexity index is 1400. The van der Waals surface area contributed by atoms with Crippen LogP contribution in [0.15, 0.2) is 29.2 Å². The number of hydrogen-bond donors (Lipinski definition) is 2. The largest absolute Gasteiger partial charge is 0.457 e. The lowest BCUT2D eigenvalue weighted by Gasteiger charge is -2.35. The van der Waals surface area contributed by atoms with E-state index in [-0.39, 0.29) is 17.7 Å². The maximum atomic E-state index is 13.0. The van der Waals surface area contributed by atoms with Gasteiger partial charge >= 0.3 is 5.97 Å². The maximum absolute atomic E-state index is 13.0. The summed E-state index contributed by atoms with van der Waals surface area (Å²) in [5, 5.41) is 7.77. The molecule has 2 N–H and O–H groups in total. The number of anilines is 4. The first-order valence-corrected chi connectivity index (χ1v) is 12.7. The molecule has 0 aliphatic carbocycles. The Kier molecular flexibility index (Phi) is 6.28. The van der Waals surface area contributed by atoms with E-state index in [0.29, 0.717) is 39.8 Å². The third kappa shape index (κ3) is 4.36. The number of carbonyl (C=O) groups is 1. The van der Waals surface area contributed by atoms with Gasteiger partial charge in [0, 0.05) is 31.2 Å².